The first-order valence-electron chi connectivity index (χ1n) is 7.40. The Bertz CT molecular complexity index is 564. The van der Waals surface area contributed by atoms with E-state index in [2.05, 4.69) is 10.1 Å². The average Bonchev–Trinajstić information content (AvgIpc) is 3.05. The van der Waals surface area contributed by atoms with Crippen molar-refractivity contribution in [3.8, 4) is 0 Å². The minimum Gasteiger partial charge on any atom is -0.388 e. The second-order valence-electron chi connectivity index (χ2n) is 5.55. The molecule has 0 amide bonds. The molecular formula is C16H20N2O3. The third-order valence-corrected chi connectivity index (χ3v) is 3.99. The van der Waals surface area contributed by atoms with Crippen molar-refractivity contribution in [3.63, 3.8) is 0 Å². The maximum Gasteiger partial charge on any atom is 0.232 e. The Kier molecular flexibility index (Phi) is 4.31. The molecule has 2 heterocycles. The van der Waals surface area contributed by atoms with Crippen LogP contribution in [0.3, 0.4) is 0 Å². The monoisotopic (exact) mass is 288 g/mol. The van der Waals surface area contributed by atoms with Gasteiger partial charge in [-0.15, -0.1) is 0 Å². The second-order valence-corrected chi connectivity index (χ2v) is 5.55. The maximum atomic E-state index is 10.4. The van der Waals surface area contributed by atoms with Crippen LogP contribution in [0.25, 0.3) is 0 Å². The van der Waals surface area contributed by atoms with E-state index in [0.29, 0.717) is 18.3 Å². The van der Waals surface area contributed by atoms with Gasteiger partial charge in [0.2, 0.25) is 5.89 Å². The quantitative estimate of drug-likeness (QED) is 0.937. The molecule has 1 aromatic carbocycles. The fourth-order valence-corrected chi connectivity index (χ4v) is 2.62. The van der Waals surface area contributed by atoms with Crippen LogP contribution in [0.1, 0.15) is 55.0 Å². The number of aliphatic hydroxyl groups is 1. The van der Waals surface area contributed by atoms with Crippen molar-refractivity contribution in [2.45, 2.75) is 37.7 Å². The highest BCUT2D eigenvalue weighted by molar-refractivity contribution is 5.20. The Morgan fingerprint density at radius 3 is 2.81 bits per heavy atom. The number of ether oxygens (including phenoxy) is 1. The summed E-state index contributed by atoms with van der Waals surface area (Å²) in [5.41, 5.74) is 0.853. The molecule has 5 nitrogen and oxygen atoms in total. The summed E-state index contributed by atoms with van der Waals surface area (Å²) in [7, 11) is 0. The van der Waals surface area contributed by atoms with Crippen LogP contribution in [-0.2, 0) is 4.74 Å². The fraction of sp³-hybridized carbons (Fsp3) is 0.500. The summed E-state index contributed by atoms with van der Waals surface area (Å²) < 4.78 is 10.8. The van der Waals surface area contributed by atoms with Crippen molar-refractivity contribution < 1.29 is 14.4 Å². The zero-order chi connectivity index (χ0) is 14.7. The van der Waals surface area contributed by atoms with Crippen molar-refractivity contribution >= 4 is 0 Å². The molecule has 5 heteroatoms. The molecule has 1 aliphatic heterocycles. The van der Waals surface area contributed by atoms with Gasteiger partial charge < -0.3 is 14.4 Å². The predicted octanol–water partition coefficient (Wildman–Crippen LogP) is 2.80. The minimum atomic E-state index is -0.651. The Hall–Kier alpha value is -1.72. The molecule has 0 spiro atoms. The van der Waals surface area contributed by atoms with Crippen LogP contribution in [0, 0.1) is 0 Å². The lowest BCUT2D eigenvalue weighted by Gasteiger charge is -2.18. The number of hydrogen-bond acceptors (Lipinski definition) is 5. The summed E-state index contributed by atoms with van der Waals surface area (Å²) in [5, 5.41) is 14.5. The number of rotatable bonds is 4. The summed E-state index contributed by atoms with van der Waals surface area (Å²) in [6, 6.07) is 9.53. The molecular weight excluding hydrogens is 268 g/mol. The van der Waals surface area contributed by atoms with Crippen LogP contribution < -0.4 is 0 Å². The van der Waals surface area contributed by atoms with Gasteiger partial charge in [0.25, 0.3) is 0 Å². The first kappa shape index (κ1) is 14.2. The second kappa shape index (κ2) is 6.37. The topological polar surface area (TPSA) is 68.4 Å². The summed E-state index contributed by atoms with van der Waals surface area (Å²) in [4.78, 5) is 4.46. The van der Waals surface area contributed by atoms with Gasteiger partial charge in [-0.05, 0) is 18.4 Å². The molecule has 3 rings (SSSR count). The highest BCUT2D eigenvalue weighted by Crippen LogP contribution is 2.31. The van der Waals surface area contributed by atoms with E-state index in [1.54, 1.807) is 0 Å². The molecule has 112 valence electrons. The van der Waals surface area contributed by atoms with Crippen LogP contribution in [0.15, 0.2) is 34.9 Å². The Balaban J connectivity index is 1.73. The van der Waals surface area contributed by atoms with Crippen molar-refractivity contribution in [1.82, 2.24) is 10.1 Å². The maximum absolute atomic E-state index is 10.4. The zero-order valence-corrected chi connectivity index (χ0v) is 12.1. The van der Waals surface area contributed by atoms with Gasteiger partial charge >= 0.3 is 0 Å². The van der Waals surface area contributed by atoms with Gasteiger partial charge in [-0.3, -0.25) is 0 Å². The molecule has 0 bridgehead atoms. The fourth-order valence-electron chi connectivity index (χ4n) is 2.62. The lowest BCUT2D eigenvalue weighted by Crippen LogP contribution is -2.16. The van der Waals surface area contributed by atoms with Crippen molar-refractivity contribution in [2.24, 2.45) is 0 Å². The predicted molar refractivity (Wildman–Crippen MR) is 76.9 cm³/mol. The van der Waals surface area contributed by atoms with E-state index < -0.39 is 6.10 Å². The molecule has 2 aromatic rings. The van der Waals surface area contributed by atoms with Gasteiger partial charge in [-0.2, -0.15) is 4.98 Å². The van der Waals surface area contributed by atoms with Crippen LogP contribution in [0.5, 0.6) is 0 Å². The Morgan fingerprint density at radius 2 is 2.10 bits per heavy atom. The van der Waals surface area contributed by atoms with E-state index in [0.717, 1.165) is 25.0 Å². The SMILES string of the molecule is CC(c1nc(C2CCCOC2)no1)C(O)c1ccccc1. The molecule has 0 aliphatic carbocycles. The number of aromatic nitrogens is 2. The van der Waals surface area contributed by atoms with Crippen molar-refractivity contribution in [2.75, 3.05) is 13.2 Å². The lowest BCUT2D eigenvalue weighted by atomic mass is 9.97. The highest BCUT2D eigenvalue weighted by Gasteiger charge is 2.27. The first-order valence-corrected chi connectivity index (χ1v) is 7.40. The van der Waals surface area contributed by atoms with Crippen molar-refractivity contribution in [3.05, 3.63) is 47.6 Å². The van der Waals surface area contributed by atoms with E-state index in [1.165, 1.54) is 0 Å². The van der Waals surface area contributed by atoms with E-state index in [9.17, 15) is 5.11 Å². The molecule has 1 saturated heterocycles. The minimum absolute atomic E-state index is 0.206. The van der Waals surface area contributed by atoms with Gasteiger partial charge in [-0.25, -0.2) is 0 Å². The van der Waals surface area contributed by atoms with Crippen LogP contribution >= 0.6 is 0 Å². The van der Waals surface area contributed by atoms with Gasteiger partial charge in [0.05, 0.1) is 18.6 Å². The summed E-state index contributed by atoms with van der Waals surface area (Å²) in [6.07, 6.45) is 1.40. The number of benzene rings is 1. The van der Waals surface area contributed by atoms with Gasteiger partial charge in [0.1, 0.15) is 0 Å². The van der Waals surface area contributed by atoms with Crippen molar-refractivity contribution in [1.29, 1.82) is 0 Å². The van der Waals surface area contributed by atoms with Gasteiger partial charge in [0.15, 0.2) is 5.82 Å². The molecule has 1 fully saturated rings. The third kappa shape index (κ3) is 3.14. The van der Waals surface area contributed by atoms with E-state index in [-0.39, 0.29) is 11.8 Å². The van der Waals surface area contributed by atoms with E-state index in [4.69, 9.17) is 9.26 Å². The largest absolute Gasteiger partial charge is 0.388 e. The molecule has 1 aromatic heterocycles. The highest BCUT2D eigenvalue weighted by atomic mass is 16.5. The molecule has 0 saturated carbocycles. The Morgan fingerprint density at radius 1 is 1.29 bits per heavy atom. The van der Waals surface area contributed by atoms with Crippen LogP contribution in [0.2, 0.25) is 0 Å². The lowest BCUT2D eigenvalue weighted by molar-refractivity contribution is 0.0773. The number of hydrogen-bond donors (Lipinski definition) is 1. The van der Waals surface area contributed by atoms with Crippen LogP contribution in [0.4, 0.5) is 0 Å². The molecule has 0 radical (unpaired) electrons. The zero-order valence-electron chi connectivity index (χ0n) is 12.1. The molecule has 1 N–H and O–H groups in total. The average molecular weight is 288 g/mol. The number of nitrogens with zero attached hydrogens (tertiary/aromatic N) is 2. The smallest absolute Gasteiger partial charge is 0.232 e. The molecule has 3 atom stereocenters. The standard InChI is InChI=1S/C16H20N2O3/c1-11(14(19)12-6-3-2-4-7-12)16-17-15(18-21-16)13-8-5-9-20-10-13/h2-4,6-7,11,13-14,19H,5,8-10H2,1H3. The Labute approximate surface area is 123 Å². The summed E-state index contributed by atoms with van der Waals surface area (Å²) in [5.74, 6) is 1.14. The van der Waals surface area contributed by atoms with Gasteiger partial charge in [0, 0.05) is 12.5 Å². The first-order chi connectivity index (χ1) is 10.3. The third-order valence-electron chi connectivity index (χ3n) is 3.99. The van der Waals surface area contributed by atoms with E-state index in [1.807, 2.05) is 37.3 Å². The van der Waals surface area contributed by atoms with Gasteiger partial charge in [-0.1, -0.05) is 42.4 Å². The molecule has 1 aliphatic rings. The summed E-state index contributed by atoms with van der Waals surface area (Å²) >= 11 is 0. The van der Waals surface area contributed by atoms with Crippen LogP contribution in [-0.4, -0.2) is 28.5 Å². The number of aliphatic hydroxyl groups excluding tert-OH is 1. The molecule has 3 unspecified atom stereocenters. The summed E-state index contributed by atoms with van der Waals surface area (Å²) in [6.45, 7) is 3.35. The normalized spacial score (nSPS) is 21.9. The molecule has 21 heavy (non-hydrogen) atoms. The van der Waals surface area contributed by atoms with E-state index >= 15 is 0 Å².